The van der Waals surface area contributed by atoms with Crippen LogP contribution in [0.2, 0.25) is 0 Å². The SMILES string of the molecule is CCCNCC(C)(C)Oc1cc(OC)cc(OC)c1. The largest absolute Gasteiger partial charge is 0.496 e. The quantitative estimate of drug-likeness (QED) is 0.735. The van der Waals surface area contributed by atoms with Crippen LogP contribution < -0.4 is 19.5 Å². The maximum Gasteiger partial charge on any atom is 0.127 e. The molecule has 0 bridgehead atoms. The zero-order chi connectivity index (χ0) is 14.3. The van der Waals surface area contributed by atoms with Gasteiger partial charge in [-0.1, -0.05) is 6.92 Å². The van der Waals surface area contributed by atoms with Gasteiger partial charge >= 0.3 is 0 Å². The number of rotatable bonds is 8. The second-order valence-corrected chi connectivity index (χ2v) is 5.09. The van der Waals surface area contributed by atoms with Gasteiger partial charge in [0.25, 0.3) is 0 Å². The highest BCUT2D eigenvalue weighted by atomic mass is 16.5. The lowest BCUT2D eigenvalue weighted by molar-refractivity contribution is 0.107. The van der Waals surface area contributed by atoms with E-state index >= 15 is 0 Å². The molecule has 4 nitrogen and oxygen atoms in total. The molecule has 0 spiro atoms. The fourth-order valence-corrected chi connectivity index (χ4v) is 1.76. The van der Waals surface area contributed by atoms with E-state index in [0.29, 0.717) is 0 Å². The van der Waals surface area contributed by atoms with Crippen LogP contribution in [0.15, 0.2) is 18.2 Å². The van der Waals surface area contributed by atoms with E-state index in [0.717, 1.165) is 36.8 Å². The summed E-state index contributed by atoms with van der Waals surface area (Å²) < 4.78 is 16.5. The van der Waals surface area contributed by atoms with Gasteiger partial charge in [-0.05, 0) is 26.8 Å². The molecule has 0 amide bonds. The van der Waals surface area contributed by atoms with Gasteiger partial charge in [-0.3, -0.25) is 0 Å². The minimum Gasteiger partial charge on any atom is -0.496 e. The molecule has 0 aliphatic rings. The summed E-state index contributed by atoms with van der Waals surface area (Å²) in [5, 5.41) is 3.37. The first-order chi connectivity index (χ1) is 9.00. The van der Waals surface area contributed by atoms with Crippen LogP contribution in [0.5, 0.6) is 17.2 Å². The summed E-state index contributed by atoms with van der Waals surface area (Å²) in [6.07, 6.45) is 1.11. The van der Waals surface area contributed by atoms with Crippen LogP contribution in [0, 0.1) is 0 Å². The molecule has 0 atom stereocenters. The smallest absolute Gasteiger partial charge is 0.127 e. The van der Waals surface area contributed by atoms with Gasteiger partial charge in [0.05, 0.1) is 14.2 Å². The molecule has 0 radical (unpaired) electrons. The van der Waals surface area contributed by atoms with Crippen LogP contribution in [0.3, 0.4) is 0 Å². The van der Waals surface area contributed by atoms with Crippen molar-refractivity contribution in [3.8, 4) is 17.2 Å². The van der Waals surface area contributed by atoms with Gasteiger partial charge < -0.3 is 19.5 Å². The van der Waals surface area contributed by atoms with Crippen molar-refractivity contribution in [1.29, 1.82) is 0 Å². The van der Waals surface area contributed by atoms with Crippen molar-refractivity contribution in [2.45, 2.75) is 32.8 Å². The molecule has 0 saturated carbocycles. The Hall–Kier alpha value is -1.42. The van der Waals surface area contributed by atoms with Gasteiger partial charge in [0.1, 0.15) is 22.8 Å². The Bertz CT molecular complexity index is 369. The summed E-state index contributed by atoms with van der Waals surface area (Å²) in [5.74, 6) is 2.21. The van der Waals surface area contributed by atoms with Crippen molar-refractivity contribution in [1.82, 2.24) is 5.32 Å². The summed E-state index contributed by atoms with van der Waals surface area (Å²) in [6, 6.07) is 5.56. The Morgan fingerprint density at radius 1 is 1.00 bits per heavy atom. The molecule has 1 rings (SSSR count). The number of nitrogens with one attached hydrogen (secondary N) is 1. The monoisotopic (exact) mass is 267 g/mol. The summed E-state index contributed by atoms with van der Waals surface area (Å²) in [4.78, 5) is 0. The number of methoxy groups -OCH3 is 2. The van der Waals surface area contributed by atoms with Crippen LogP contribution >= 0.6 is 0 Å². The molecule has 108 valence electrons. The first-order valence-corrected chi connectivity index (χ1v) is 6.63. The van der Waals surface area contributed by atoms with Crippen molar-refractivity contribution in [3.05, 3.63) is 18.2 Å². The van der Waals surface area contributed by atoms with Crippen LogP contribution in [-0.4, -0.2) is 32.9 Å². The van der Waals surface area contributed by atoms with Crippen molar-refractivity contribution in [2.75, 3.05) is 27.3 Å². The van der Waals surface area contributed by atoms with Crippen LogP contribution in [0.4, 0.5) is 0 Å². The molecule has 19 heavy (non-hydrogen) atoms. The Labute approximate surface area is 116 Å². The highest BCUT2D eigenvalue weighted by molar-refractivity contribution is 5.42. The molecule has 1 N–H and O–H groups in total. The fourth-order valence-electron chi connectivity index (χ4n) is 1.76. The molecule has 1 aromatic carbocycles. The second-order valence-electron chi connectivity index (χ2n) is 5.09. The van der Waals surface area contributed by atoms with Gasteiger partial charge in [-0.25, -0.2) is 0 Å². The normalized spacial score (nSPS) is 11.2. The summed E-state index contributed by atoms with van der Waals surface area (Å²) in [5.41, 5.74) is -0.285. The molecule has 0 saturated heterocycles. The molecule has 0 heterocycles. The first-order valence-electron chi connectivity index (χ1n) is 6.63. The van der Waals surface area contributed by atoms with Gasteiger partial charge in [0.15, 0.2) is 0 Å². The highest BCUT2D eigenvalue weighted by Gasteiger charge is 2.20. The lowest BCUT2D eigenvalue weighted by Gasteiger charge is -2.27. The lowest BCUT2D eigenvalue weighted by Crippen LogP contribution is -2.40. The molecule has 1 aromatic rings. The van der Waals surface area contributed by atoms with Gasteiger partial charge in [0.2, 0.25) is 0 Å². The maximum atomic E-state index is 6.01. The molecule has 0 fully saturated rings. The molecular formula is C15H25NO3. The van der Waals surface area contributed by atoms with E-state index < -0.39 is 0 Å². The molecule has 0 aliphatic carbocycles. The van der Waals surface area contributed by atoms with E-state index in [1.165, 1.54) is 0 Å². The van der Waals surface area contributed by atoms with E-state index in [4.69, 9.17) is 14.2 Å². The van der Waals surface area contributed by atoms with E-state index in [1.54, 1.807) is 14.2 Å². The summed E-state index contributed by atoms with van der Waals surface area (Å²) >= 11 is 0. The standard InChI is InChI=1S/C15H25NO3/c1-6-7-16-11-15(2,3)19-14-9-12(17-4)8-13(10-14)18-5/h8-10,16H,6-7,11H2,1-5H3. The lowest BCUT2D eigenvalue weighted by atomic mass is 10.1. The zero-order valence-corrected chi connectivity index (χ0v) is 12.6. The summed E-state index contributed by atoms with van der Waals surface area (Å²) in [6.45, 7) is 8.05. The number of hydrogen-bond donors (Lipinski definition) is 1. The number of hydrogen-bond acceptors (Lipinski definition) is 4. The third-order valence-corrected chi connectivity index (χ3v) is 2.70. The van der Waals surface area contributed by atoms with Crippen LogP contribution in [0.1, 0.15) is 27.2 Å². The Morgan fingerprint density at radius 3 is 2.00 bits per heavy atom. The Kier molecular flexibility index (Phi) is 5.96. The summed E-state index contributed by atoms with van der Waals surface area (Å²) in [7, 11) is 3.26. The van der Waals surface area contributed by atoms with E-state index in [1.807, 2.05) is 18.2 Å². The van der Waals surface area contributed by atoms with Crippen LogP contribution in [-0.2, 0) is 0 Å². The Morgan fingerprint density at radius 2 is 1.53 bits per heavy atom. The topological polar surface area (TPSA) is 39.7 Å². The van der Waals surface area contributed by atoms with E-state index in [9.17, 15) is 0 Å². The van der Waals surface area contributed by atoms with Gasteiger partial charge in [0, 0.05) is 24.7 Å². The molecule has 0 unspecified atom stereocenters. The van der Waals surface area contributed by atoms with Crippen LogP contribution in [0.25, 0.3) is 0 Å². The van der Waals surface area contributed by atoms with Crippen molar-refractivity contribution in [2.24, 2.45) is 0 Å². The fraction of sp³-hybridized carbons (Fsp3) is 0.600. The molecule has 0 aliphatic heterocycles. The molecular weight excluding hydrogens is 242 g/mol. The average molecular weight is 267 g/mol. The van der Waals surface area contributed by atoms with Gasteiger partial charge in [-0.2, -0.15) is 0 Å². The van der Waals surface area contributed by atoms with E-state index in [-0.39, 0.29) is 5.60 Å². The number of ether oxygens (including phenoxy) is 3. The van der Waals surface area contributed by atoms with Gasteiger partial charge in [-0.15, -0.1) is 0 Å². The van der Waals surface area contributed by atoms with Crippen molar-refractivity contribution < 1.29 is 14.2 Å². The van der Waals surface area contributed by atoms with Crippen molar-refractivity contribution in [3.63, 3.8) is 0 Å². The first kappa shape index (κ1) is 15.6. The third-order valence-electron chi connectivity index (χ3n) is 2.70. The minimum absolute atomic E-state index is 0.285. The third kappa shape index (κ3) is 5.39. The second kappa shape index (κ2) is 7.24. The maximum absolute atomic E-state index is 6.01. The Balaban J connectivity index is 2.74. The zero-order valence-electron chi connectivity index (χ0n) is 12.6. The predicted octanol–water partition coefficient (Wildman–Crippen LogP) is 2.86. The molecule has 0 aromatic heterocycles. The van der Waals surface area contributed by atoms with E-state index in [2.05, 4.69) is 26.1 Å². The predicted molar refractivity (Wildman–Crippen MR) is 77.4 cm³/mol. The minimum atomic E-state index is -0.285. The highest BCUT2D eigenvalue weighted by Crippen LogP contribution is 2.29. The molecule has 4 heteroatoms. The van der Waals surface area contributed by atoms with Crippen molar-refractivity contribution >= 4 is 0 Å². The average Bonchev–Trinajstić information content (AvgIpc) is 2.37. The number of benzene rings is 1.